The van der Waals surface area contributed by atoms with Gasteiger partial charge >= 0.3 is 0 Å². The standard InChI is InChI=1S/C14H14ClFOS/c1-2-10-4-5-11(18-10)8-14(17)9-3-6-12(15)13(16)7-9/h3-7,14,17H,2,8H2,1H3. The molecule has 0 radical (unpaired) electrons. The van der Waals surface area contributed by atoms with Crippen molar-refractivity contribution >= 4 is 22.9 Å². The van der Waals surface area contributed by atoms with Gasteiger partial charge in [-0.15, -0.1) is 11.3 Å². The number of aliphatic hydroxyl groups excluding tert-OH is 1. The Morgan fingerprint density at radius 2 is 2.00 bits per heavy atom. The van der Waals surface area contributed by atoms with Crippen LogP contribution in [-0.4, -0.2) is 5.11 Å². The SMILES string of the molecule is CCc1ccc(CC(O)c2ccc(Cl)c(F)c2)s1. The van der Waals surface area contributed by atoms with Crippen LogP contribution in [0.15, 0.2) is 30.3 Å². The second kappa shape index (κ2) is 5.83. The molecule has 0 fully saturated rings. The van der Waals surface area contributed by atoms with Crippen molar-refractivity contribution in [1.82, 2.24) is 0 Å². The van der Waals surface area contributed by atoms with Gasteiger partial charge < -0.3 is 5.11 Å². The molecule has 1 atom stereocenters. The average Bonchev–Trinajstić information content (AvgIpc) is 2.80. The van der Waals surface area contributed by atoms with Gasteiger partial charge in [0.25, 0.3) is 0 Å². The van der Waals surface area contributed by atoms with Crippen molar-refractivity contribution in [3.05, 3.63) is 56.5 Å². The predicted octanol–water partition coefficient (Wildman–Crippen LogP) is 4.38. The van der Waals surface area contributed by atoms with Crippen molar-refractivity contribution in [3.63, 3.8) is 0 Å². The number of hydrogen-bond donors (Lipinski definition) is 1. The second-order valence-electron chi connectivity index (χ2n) is 4.12. The van der Waals surface area contributed by atoms with E-state index in [0.29, 0.717) is 12.0 Å². The van der Waals surface area contributed by atoms with Crippen molar-refractivity contribution in [2.75, 3.05) is 0 Å². The van der Waals surface area contributed by atoms with E-state index < -0.39 is 11.9 Å². The second-order valence-corrected chi connectivity index (χ2v) is 5.78. The van der Waals surface area contributed by atoms with Crippen LogP contribution in [0.2, 0.25) is 5.02 Å². The third-order valence-electron chi connectivity index (χ3n) is 2.79. The van der Waals surface area contributed by atoms with Crippen LogP contribution in [0.3, 0.4) is 0 Å². The summed E-state index contributed by atoms with van der Waals surface area (Å²) in [6.07, 6.45) is 0.808. The molecule has 0 aliphatic carbocycles. The Hall–Kier alpha value is -0.900. The molecule has 0 saturated heterocycles. The lowest BCUT2D eigenvalue weighted by Crippen LogP contribution is -2.01. The third-order valence-corrected chi connectivity index (χ3v) is 4.35. The number of aliphatic hydroxyl groups is 1. The molecule has 0 spiro atoms. The molecular formula is C14H14ClFOS. The van der Waals surface area contributed by atoms with Gasteiger partial charge in [-0.05, 0) is 36.2 Å². The number of aryl methyl sites for hydroxylation is 1. The minimum atomic E-state index is -0.694. The number of hydrogen-bond acceptors (Lipinski definition) is 2. The van der Waals surface area contributed by atoms with Crippen LogP contribution in [-0.2, 0) is 12.8 Å². The summed E-state index contributed by atoms with van der Waals surface area (Å²) in [7, 11) is 0. The molecule has 1 heterocycles. The Balaban J connectivity index is 2.11. The third kappa shape index (κ3) is 3.10. The molecule has 18 heavy (non-hydrogen) atoms. The Labute approximate surface area is 115 Å². The quantitative estimate of drug-likeness (QED) is 0.883. The molecule has 0 aliphatic heterocycles. The summed E-state index contributed by atoms with van der Waals surface area (Å²) < 4.78 is 13.3. The molecule has 1 N–H and O–H groups in total. The lowest BCUT2D eigenvalue weighted by molar-refractivity contribution is 0.179. The van der Waals surface area contributed by atoms with Crippen LogP contribution >= 0.6 is 22.9 Å². The van der Waals surface area contributed by atoms with Crippen LogP contribution in [0.5, 0.6) is 0 Å². The maximum absolute atomic E-state index is 13.3. The van der Waals surface area contributed by atoms with Gasteiger partial charge in [-0.3, -0.25) is 0 Å². The topological polar surface area (TPSA) is 20.2 Å². The van der Waals surface area contributed by atoms with Crippen LogP contribution in [0.1, 0.15) is 28.3 Å². The minimum absolute atomic E-state index is 0.0790. The van der Waals surface area contributed by atoms with Gasteiger partial charge in [-0.1, -0.05) is 24.6 Å². The fraction of sp³-hybridized carbons (Fsp3) is 0.286. The van der Waals surface area contributed by atoms with Crippen LogP contribution < -0.4 is 0 Å². The molecule has 1 unspecified atom stereocenters. The summed E-state index contributed by atoms with van der Waals surface area (Å²) in [6.45, 7) is 2.10. The van der Waals surface area contributed by atoms with Crippen LogP contribution in [0, 0.1) is 5.82 Å². The van der Waals surface area contributed by atoms with Crippen molar-refractivity contribution in [2.45, 2.75) is 25.9 Å². The Morgan fingerprint density at radius 3 is 2.61 bits per heavy atom. The summed E-state index contributed by atoms with van der Waals surface area (Å²) >= 11 is 7.30. The first-order valence-electron chi connectivity index (χ1n) is 5.80. The molecule has 2 aromatic rings. The zero-order chi connectivity index (χ0) is 13.1. The van der Waals surface area contributed by atoms with Crippen molar-refractivity contribution in [1.29, 1.82) is 0 Å². The fourth-order valence-electron chi connectivity index (χ4n) is 1.75. The van der Waals surface area contributed by atoms with E-state index in [1.54, 1.807) is 17.4 Å². The fourth-order valence-corrected chi connectivity index (χ4v) is 2.86. The number of halogens is 2. The van der Waals surface area contributed by atoms with Gasteiger partial charge in [0.1, 0.15) is 5.82 Å². The van der Waals surface area contributed by atoms with Gasteiger partial charge in [-0.25, -0.2) is 4.39 Å². The number of benzene rings is 1. The Kier molecular flexibility index (Phi) is 4.38. The monoisotopic (exact) mass is 284 g/mol. The number of thiophene rings is 1. The zero-order valence-electron chi connectivity index (χ0n) is 9.99. The maximum atomic E-state index is 13.3. The van der Waals surface area contributed by atoms with E-state index in [4.69, 9.17) is 11.6 Å². The number of rotatable bonds is 4. The molecular weight excluding hydrogens is 271 g/mol. The largest absolute Gasteiger partial charge is 0.388 e. The molecule has 0 aliphatic rings. The lowest BCUT2D eigenvalue weighted by atomic mass is 10.1. The summed E-state index contributed by atoms with van der Waals surface area (Å²) in [5.74, 6) is -0.492. The molecule has 96 valence electrons. The summed E-state index contributed by atoms with van der Waals surface area (Å²) in [5.41, 5.74) is 0.559. The zero-order valence-corrected chi connectivity index (χ0v) is 11.6. The Morgan fingerprint density at radius 1 is 1.28 bits per heavy atom. The maximum Gasteiger partial charge on any atom is 0.142 e. The molecule has 1 aromatic carbocycles. The first-order chi connectivity index (χ1) is 8.60. The summed E-state index contributed by atoms with van der Waals surface area (Å²) in [5, 5.41) is 10.1. The van der Waals surface area contributed by atoms with E-state index in [9.17, 15) is 9.50 Å². The highest BCUT2D eigenvalue weighted by molar-refractivity contribution is 7.11. The molecule has 0 amide bonds. The van der Waals surface area contributed by atoms with E-state index in [-0.39, 0.29) is 5.02 Å². The van der Waals surface area contributed by atoms with Gasteiger partial charge in [0, 0.05) is 16.2 Å². The van der Waals surface area contributed by atoms with Gasteiger partial charge in [-0.2, -0.15) is 0 Å². The van der Waals surface area contributed by atoms with E-state index in [1.165, 1.54) is 17.0 Å². The molecule has 2 rings (SSSR count). The molecule has 1 aromatic heterocycles. The predicted molar refractivity (Wildman–Crippen MR) is 73.8 cm³/mol. The van der Waals surface area contributed by atoms with Gasteiger partial charge in [0.15, 0.2) is 0 Å². The first kappa shape index (κ1) is 13.5. The van der Waals surface area contributed by atoms with E-state index in [1.807, 2.05) is 6.07 Å². The molecule has 4 heteroatoms. The van der Waals surface area contributed by atoms with E-state index in [2.05, 4.69) is 13.0 Å². The van der Waals surface area contributed by atoms with Crippen LogP contribution in [0.4, 0.5) is 4.39 Å². The molecule has 0 saturated carbocycles. The van der Waals surface area contributed by atoms with E-state index in [0.717, 1.165) is 11.3 Å². The highest BCUT2D eigenvalue weighted by atomic mass is 35.5. The smallest absolute Gasteiger partial charge is 0.142 e. The minimum Gasteiger partial charge on any atom is -0.388 e. The summed E-state index contributed by atoms with van der Waals surface area (Å²) in [6, 6.07) is 8.50. The first-order valence-corrected chi connectivity index (χ1v) is 7.00. The Bertz CT molecular complexity index is 538. The molecule has 1 nitrogen and oxygen atoms in total. The lowest BCUT2D eigenvalue weighted by Gasteiger charge is -2.10. The van der Waals surface area contributed by atoms with Gasteiger partial charge in [0.05, 0.1) is 11.1 Å². The van der Waals surface area contributed by atoms with Crippen LogP contribution in [0.25, 0.3) is 0 Å². The summed E-state index contributed by atoms with van der Waals surface area (Å²) in [4.78, 5) is 2.40. The molecule has 0 bridgehead atoms. The van der Waals surface area contributed by atoms with Crippen molar-refractivity contribution < 1.29 is 9.50 Å². The van der Waals surface area contributed by atoms with Gasteiger partial charge in [0.2, 0.25) is 0 Å². The van der Waals surface area contributed by atoms with Crippen molar-refractivity contribution in [2.24, 2.45) is 0 Å². The average molecular weight is 285 g/mol. The highest BCUT2D eigenvalue weighted by Crippen LogP contribution is 2.26. The van der Waals surface area contributed by atoms with Crippen molar-refractivity contribution in [3.8, 4) is 0 Å². The normalized spacial score (nSPS) is 12.7. The highest BCUT2D eigenvalue weighted by Gasteiger charge is 2.12. The van der Waals surface area contributed by atoms with E-state index >= 15 is 0 Å².